The van der Waals surface area contributed by atoms with Crippen molar-refractivity contribution in [1.29, 1.82) is 0 Å². The Labute approximate surface area is 167 Å². The molecule has 1 aliphatic heterocycles. The second-order valence-corrected chi connectivity index (χ2v) is 8.67. The SMILES string of the molecule is Cc1ccc(C(C)C)c(C2=C[C@@]3(CC[C@H](CO)[C@H]3c3ccc(F)cc3)OC2)c1. The fraction of sp³-hybridized carbons (Fsp3) is 0.440. The normalized spacial score (nSPS) is 27.0. The summed E-state index contributed by atoms with van der Waals surface area (Å²) < 4.78 is 19.9. The predicted octanol–water partition coefficient (Wildman–Crippen LogP) is 5.60. The molecular weight excluding hydrogens is 351 g/mol. The minimum absolute atomic E-state index is 0.0444. The van der Waals surface area contributed by atoms with Crippen LogP contribution in [0.1, 0.15) is 60.8 Å². The minimum atomic E-state index is -0.418. The lowest BCUT2D eigenvalue weighted by Crippen LogP contribution is -2.33. The van der Waals surface area contributed by atoms with Crippen LogP contribution < -0.4 is 0 Å². The van der Waals surface area contributed by atoms with E-state index in [2.05, 4.69) is 45.0 Å². The Morgan fingerprint density at radius 1 is 1.18 bits per heavy atom. The van der Waals surface area contributed by atoms with Crippen molar-refractivity contribution >= 4 is 5.57 Å². The average molecular weight is 381 g/mol. The Hall–Kier alpha value is -1.97. The molecule has 1 aliphatic carbocycles. The molecule has 1 fully saturated rings. The van der Waals surface area contributed by atoms with E-state index in [0.29, 0.717) is 12.5 Å². The number of benzene rings is 2. The van der Waals surface area contributed by atoms with E-state index in [1.807, 2.05) is 12.1 Å². The zero-order valence-electron chi connectivity index (χ0n) is 16.9. The molecule has 4 rings (SSSR count). The number of aliphatic hydroxyl groups is 1. The molecule has 0 amide bonds. The van der Waals surface area contributed by atoms with Crippen molar-refractivity contribution in [1.82, 2.24) is 0 Å². The van der Waals surface area contributed by atoms with E-state index >= 15 is 0 Å². The molecule has 0 radical (unpaired) electrons. The van der Waals surface area contributed by atoms with Crippen LogP contribution in [0.2, 0.25) is 0 Å². The van der Waals surface area contributed by atoms with Crippen LogP contribution in [-0.4, -0.2) is 23.9 Å². The fourth-order valence-electron chi connectivity index (χ4n) is 5.07. The van der Waals surface area contributed by atoms with Crippen LogP contribution in [0.4, 0.5) is 4.39 Å². The standard InChI is InChI=1S/C25H29FO2/c1-16(2)22-9-4-17(3)12-23(22)20-13-25(28-15-20)11-10-19(14-27)24(25)18-5-7-21(26)8-6-18/h4-9,12-13,16,19,24,27H,10-11,14-15H2,1-3H3/t19-,24-,25-/m1/s1. The number of hydrogen-bond acceptors (Lipinski definition) is 2. The van der Waals surface area contributed by atoms with Gasteiger partial charge in [-0.2, -0.15) is 0 Å². The van der Waals surface area contributed by atoms with Gasteiger partial charge < -0.3 is 9.84 Å². The van der Waals surface area contributed by atoms with Gasteiger partial charge in [-0.15, -0.1) is 0 Å². The van der Waals surface area contributed by atoms with Gasteiger partial charge in [0.15, 0.2) is 0 Å². The molecule has 1 N–H and O–H groups in total. The molecule has 0 saturated heterocycles. The van der Waals surface area contributed by atoms with Crippen molar-refractivity contribution in [2.45, 2.75) is 51.0 Å². The molecule has 2 aromatic rings. The van der Waals surface area contributed by atoms with Gasteiger partial charge in [0.05, 0.1) is 12.2 Å². The summed E-state index contributed by atoms with van der Waals surface area (Å²) in [7, 11) is 0. The molecule has 1 saturated carbocycles. The van der Waals surface area contributed by atoms with Crippen LogP contribution in [0.5, 0.6) is 0 Å². The highest BCUT2D eigenvalue weighted by atomic mass is 19.1. The topological polar surface area (TPSA) is 29.5 Å². The van der Waals surface area contributed by atoms with Crippen LogP contribution >= 0.6 is 0 Å². The lowest BCUT2D eigenvalue weighted by atomic mass is 9.79. The second kappa shape index (κ2) is 7.46. The molecule has 2 aromatic carbocycles. The Morgan fingerprint density at radius 2 is 1.93 bits per heavy atom. The van der Waals surface area contributed by atoms with E-state index in [1.54, 1.807) is 0 Å². The first-order valence-electron chi connectivity index (χ1n) is 10.3. The van der Waals surface area contributed by atoms with Gasteiger partial charge in [-0.3, -0.25) is 0 Å². The first-order chi connectivity index (χ1) is 13.4. The highest BCUT2D eigenvalue weighted by Gasteiger charge is 2.51. The molecule has 3 atom stereocenters. The third-order valence-electron chi connectivity index (χ3n) is 6.46. The van der Waals surface area contributed by atoms with E-state index in [4.69, 9.17) is 4.74 Å². The Balaban J connectivity index is 1.77. The zero-order chi connectivity index (χ0) is 19.9. The highest BCUT2D eigenvalue weighted by Crippen LogP contribution is 2.53. The lowest BCUT2D eigenvalue weighted by molar-refractivity contribution is 0.0107. The lowest BCUT2D eigenvalue weighted by Gasteiger charge is -2.32. The summed E-state index contributed by atoms with van der Waals surface area (Å²) in [5.74, 6) is 0.377. The maximum atomic E-state index is 13.5. The van der Waals surface area contributed by atoms with E-state index < -0.39 is 5.60 Å². The van der Waals surface area contributed by atoms with Gasteiger partial charge in [0.1, 0.15) is 5.82 Å². The van der Waals surface area contributed by atoms with Gasteiger partial charge in [0.2, 0.25) is 0 Å². The average Bonchev–Trinajstić information content (AvgIpc) is 3.26. The van der Waals surface area contributed by atoms with E-state index in [-0.39, 0.29) is 24.3 Å². The van der Waals surface area contributed by atoms with Crippen molar-refractivity contribution in [2.75, 3.05) is 13.2 Å². The number of aliphatic hydroxyl groups excluding tert-OH is 1. The largest absolute Gasteiger partial charge is 0.396 e. The summed E-state index contributed by atoms with van der Waals surface area (Å²) in [6, 6.07) is 13.4. The van der Waals surface area contributed by atoms with Crippen molar-refractivity contribution < 1.29 is 14.2 Å². The molecule has 1 spiro atoms. The van der Waals surface area contributed by atoms with Crippen molar-refractivity contribution in [3.63, 3.8) is 0 Å². The van der Waals surface area contributed by atoms with Crippen molar-refractivity contribution in [3.05, 3.63) is 76.6 Å². The summed E-state index contributed by atoms with van der Waals surface area (Å²) >= 11 is 0. The van der Waals surface area contributed by atoms with Crippen LogP contribution in [0, 0.1) is 18.7 Å². The van der Waals surface area contributed by atoms with E-state index in [1.165, 1.54) is 34.4 Å². The quantitative estimate of drug-likeness (QED) is 0.748. The van der Waals surface area contributed by atoms with Crippen LogP contribution in [0.3, 0.4) is 0 Å². The van der Waals surface area contributed by atoms with Gasteiger partial charge >= 0.3 is 0 Å². The third kappa shape index (κ3) is 3.31. The van der Waals surface area contributed by atoms with E-state index in [0.717, 1.165) is 18.4 Å². The molecular formula is C25H29FO2. The van der Waals surface area contributed by atoms with Gasteiger partial charge in [-0.1, -0.05) is 49.7 Å². The maximum Gasteiger partial charge on any atom is 0.123 e. The molecule has 28 heavy (non-hydrogen) atoms. The van der Waals surface area contributed by atoms with Gasteiger partial charge in [0.25, 0.3) is 0 Å². The zero-order valence-corrected chi connectivity index (χ0v) is 16.9. The number of rotatable bonds is 4. The number of aryl methyl sites for hydroxylation is 1. The van der Waals surface area contributed by atoms with Gasteiger partial charge in [0, 0.05) is 12.5 Å². The van der Waals surface area contributed by atoms with Crippen LogP contribution in [0.15, 0.2) is 48.5 Å². The highest BCUT2D eigenvalue weighted by molar-refractivity contribution is 5.73. The molecule has 0 unspecified atom stereocenters. The van der Waals surface area contributed by atoms with E-state index in [9.17, 15) is 9.50 Å². The Bertz CT molecular complexity index is 884. The van der Waals surface area contributed by atoms with Gasteiger partial charge in [-0.25, -0.2) is 4.39 Å². The van der Waals surface area contributed by atoms with Crippen LogP contribution in [0.25, 0.3) is 5.57 Å². The fourth-order valence-corrected chi connectivity index (χ4v) is 5.07. The Kier molecular flexibility index (Phi) is 5.15. The number of ether oxygens (including phenoxy) is 1. The summed E-state index contributed by atoms with van der Waals surface area (Å²) in [6.45, 7) is 7.27. The minimum Gasteiger partial charge on any atom is -0.396 e. The molecule has 2 aliphatic rings. The number of hydrogen-bond donors (Lipinski definition) is 1. The summed E-state index contributed by atoms with van der Waals surface area (Å²) in [6.07, 6.45) is 4.09. The molecule has 3 heteroatoms. The summed E-state index contributed by atoms with van der Waals surface area (Å²) in [5, 5.41) is 9.98. The molecule has 2 nitrogen and oxygen atoms in total. The second-order valence-electron chi connectivity index (χ2n) is 8.67. The van der Waals surface area contributed by atoms with Crippen molar-refractivity contribution in [3.8, 4) is 0 Å². The molecule has 1 heterocycles. The Morgan fingerprint density at radius 3 is 2.61 bits per heavy atom. The first kappa shape index (κ1) is 19.4. The predicted molar refractivity (Wildman–Crippen MR) is 111 cm³/mol. The van der Waals surface area contributed by atoms with Crippen molar-refractivity contribution in [2.24, 2.45) is 5.92 Å². The van der Waals surface area contributed by atoms with Gasteiger partial charge in [-0.05, 0) is 72.1 Å². The summed E-state index contributed by atoms with van der Waals surface area (Å²) in [5.41, 5.74) is 5.72. The first-order valence-corrected chi connectivity index (χ1v) is 10.3. The molecule has 148 valence electrons. The maximum absolute atomic E-state index is 13.5. The third-order valence-corrected chi connectivity index (χ3v) is 6.46. The number of halogens is 1. The van der Waals surface area contributed by atoms with Crippen LogP contribution in [-0.2, 0) is 4.74 Å². The smallest absolute Gasteiger partial charge is 0.123 e. The molecule has 0 aromatic heterocycles. The monoisotopic (exact) mass is 380 g/mol. The molecule has 0 bridgehead atoms. The summed E-state index contributed by atoms with van der Waals surface area (Å²) in [4.78, 5) is 0.